The standard InChI is InChI=1S/C18H26N8/c1-2-9-24-11-13-25(14-12-24)10-5-8-19-17-15-6-3-4-7-16(15)18-20-22-23-26(18)21-17/h3-4,6-7H,2,5,8-14H2,1H3,(H,19,21). The van der Waals surface area contributed by atoms with Crippen LogP contribution in [0.1, 0.15) is 19.8 Å². The number of tetrazole rings is 1. The molecule has 1 N–H and O–H groups in total. The lowest BCUT2D eigenvalue weighted by molar-refractivity contribution is 0.132. The topological polar surface area (TPSA) is 74.5 Å². The van der Waals surface area contributed by atoms with Crippen LogP contribution in [0.3, 0.4) is 0 Å². The Morgan fingerprint density at radius 3 is 2.50 bits per heavy atom. The van der Waals surface area contributed by atoms with E-state index < -0.39 is 0 Å². The normalized spacial score (nSPS) is 16.5. The van der Waals surface area contributed by atoms with Crippen LogP contribution in [0.4, 0.5) is 5.82 Å². The first-order chi connectivity index (χ1) is 12.8. The van der Waals surface area contributed by atoms with Crippen molar-refractivity contribution in [2.45, 2.75) is 19.8 Å². The number of hydrogen-bond acceptors (Lipinski definition) is 7. The van der Waals surface area contributed by atoms with Gasteiger partial charge in [-0.1, -0.05) is 31.2 Å². The van der Waals surface area contributed by atoms with Gasteiger partial charge in [0.2, 0.25) is 5.65 Å². The molecule has 1 fully saturated rings. The van der Waals surface area contributed by atoms with Crippen LogP contribution in [0, 0.1) is 0 Å². The predicted octanol–water partition coefficient (Wildman–Crippen LogP) is 1.50. The average molecular weight is 354 g/mol. The van der Waals surface area contributed by atoms with Gasteiger partial charge in [-0.2, -0.15) is 0 Å². The van der Waals surface area contributed by atoms with Crippen LogP contribution in [0.15, 0.2) is 24.3 Å². The summed E-state index contributed by atoms with van der Waals surface area (Å²) in [6, 6.07) is 8.11. The first-order valence-electron chi connectivity index (χ1n) is 9.51. The van der Waals surface area contributed by atoms with Gasteiger partial charge in [0, 0.05) is 43.5 Å². The van der Waals surface area contributed by atoms with E-state index in [0.717, 1.165) is 36.1 Å². The highest BCUT2D eigenvalue weighted by Crippen LogP contribution is 2.23. The highest BCUT2D eigenvalue weighted by atomic mass is 15.6. The molecule has 0 amide bonds. The van der Waals surface area contributed by atoms with Crippen LogP contribution in [-0.2, 0) is 0 Å². The third kappa shape index (κ3) is 3.61. The molecule has 1 aliphatic heterocycles. The molecule has 1 aromatic carbocycles. The minimum atomic E-state index is 0.691. The minimum absolute atomic E-state index is 0.691. The lowest BCUT2D eigenvalue weighted by atomic mass is 10.2. The van der Waals surface area contributed by atoms with E-state index in [1.165, 1.54) is 43.8 Å². The zero-order valence-electron chi connectivity index (χ0n) is 15.3. The largest absolute Gasteiger partial charge is 0.368 e. The van der Waals surface area contributed by atoms with Crippen molar-refractivity contribution in [3.05, 3.63) is 24.3 Å². The smallest absolute Gasteiger partial charge is 0.207 e. The lowest BCUT2D eigenvalue weighted by Crippen LogP contribution is -2.46. The average Bonchev–Trinajstić information content (AvgIpc) is 3.15. The highest BCUT2D eigenvalue weighted by Gasteiger charge is 2.15. The fourth-order valence-corrected chi connectivity index (χ4v) is 3.64. The zero-order chi connectivity index (χ0) is 17.8. The molecule has 0 radical (unpaired) electrons. The van der Waals surface area contributed by atoms with Crippen molar-refractivity contribution in [2.24, 2.45) is 0 Å². The number of nitrogens with zero attached hydrogens (tertiary/aromatic N) is 7. The molecule has 3 heterocycles. The molecule has 138 valence electrons. The summed E-state index contributed by atoms with van der Waals surface area (Å²) in [5.41, 5.74) is 0.691. The van der Waals surface area contributed by atoms with E-state index in [4.69, 9.17) is 0 Å². The van der Waals surface area contributed by atoms with Crippen molar-refractivity contribution in [3.63, 3.8) is 0 Å². The minimum Gasteiger partial charge on any atom is -0.368 e. The van der Waals surface area contributed by atoms with Crippen LogP contribution in [0.2, 0.25) is 0 Å². The summed E-state index contributed by atoms with van der Waals surface area (Å²) < 4.78 is 1.50. The Bertz CT molecular complexity index is 853. The second-order valence-corrected chi connectivity index (χ2v) is 6.85. The van der Waals surface area contributed by atoms with E-state index in [2.05, 4.69) is 48.7 Å². The summed E-state index contributed by atoms with van der Waals surface area (Å²) in [6.45, 7) is 10.2. The molecule has 26 heavy (non-hydrogen) atoms. The highest BCUT2D eigenvalue weighted by molar-refractivity contribution is 5.99. The van der Waals surface area contributed by atoms with Gasteiger partial charge in [-0.25, -0.2) is 0 Å². The van der Waals surface area contributed by atoms with Crippen LogP contribution in [-0.4, -0.2) is 80.9 Å². The second kappa shape index (κ2) is 7.92. The van der Waals surface area contributed by atoms with Crippen molar-refractivity contribution < 1.29 is 0 Å². The van der Waals surface area contributed by atoms with Gasteiger partial charge in [0.05, 0.1) is 0 Å². The number of rotatable bonds is 7. The Labute approximate surface area is 153 Å². The number of anilines is 1. The fourth-order valence-electron chi connectivity index (χ4n) is 3.64. The third-order valence-corrected chi connectivity index (χ3v) is 5.02. The van der Waals surface area contributed by atoms with Gasteiger partial charge in [0.15, 0.2) is 5.82 Å². The Balaban J connectivity index is 1.34. The van der Waals surface area contributed by atoms with Gasteiger partial charge >= 0.3 is 0 Å². The molecule has 0 atom stereocenters. The summed E-state index contributed by atoms with van der Waals surface area (Å²) in [7, 11) is 0. The van der Waals surface area contributed by atoms with Crippen LogP contribution >= 0.6 is 0 Å². The Morgan fingerprint density at radius 1 is 1.00 bits per heavy atom. The first-order valence-corrected chi connectivity index (χ1v) is 9.51. The van der Waals surface area contributed by atoms with Crippen molar-refractivity contribution in [1.82, 2.24) is 35.1 Å². The number of fused-ring (bicyclic) bond motifs is 3. The molecular formula is C18H26N8. The quantitative estimate of drug-likeness (QED) is 0.645. The van der Waals surface area contributed by atoms with E-state index >= 15 is 0 Å². The molecule has 8 nitrogen and oxygen atoms in total. The zero-order valence-corrected chi connectivity index (χ0v) is 15.3. The third-order valence-electron chi connectivity index (χ3n) is 5.02. The molecule has 0 aliphatic carbocycles. The van der Waals surface area contributed by atoms with Gasteiger partial charge in [-0.3, -0.25) is 0 Å². The fraction of sp³-hybridized carbons (Fsp3) is 0.556. The Kier molecular flexibility index (Phi) is 5.21. The monoisotopic (exact) mass is 354 g/mol. The maximum Gasteiger partial charge on any atom is 0.207 e. The molecule has 0 unspecified atom stereocenters. The molecule has 0 bridgehead atoms. The molecular weight excluding hydrogens is 328 g/mol. The molecule has 0 saturated carbocycles. The van der Waals surface area contributed by atoms with Crippen LogP contribution in [0.25, 0.3) is 16.4 Å². The summed E-state index contributed by atoms with van der Waals surface area (Å²) >= 11 is 0. The van der Waals surface area contributed by atoms with E-state index in [1.54, 1.807) is 0 Å². The molecule has 8 heteroatoms. The molecule has 1 saturated heterocycles. The van der Waals surface area contributed by atoms with E-state index in [1.807, 2.05) is 18.2 Å². The van der Waals surface area contributed by atoms with Crippen molar-refractivity contribution in [2.75, 3.05) is 51.1 Å². The molecule has 4 rings (SSSR count). The number of hydrogen-bond donors (Lipinski definition) is 1. The summed E-state index contributed by atoms with van der Waals surface area (Å²) in [6.07, 6.45) is 2.34. The molecule has 3 aromatic rings. The predicted molar refractivity (Wildman–Crippen MR) is 102 cm³/mol. The maximum absolute atomic E-state index is 4.53. The van der Waals surface area contributed by atoms with Gasteiger partial charge in [0.1, 0.15) is 0 Å². The van der Waals surface area contributed by atoms with Crippen LogP contribution in [0.5, 0.6) is 0 Å². The van der Waals surface area contributed by atoms with Gasteiger partial charge in [0.25, 0.3) is 0 Å². The van der Waals surface area contributed by atoms with Gasteiger partial charge in [-0.15, -0.1) is 14.8 Å². The maximum atomic E-state index is 4.53. The Morgan fingerprint density at radius 2 is 1.73 bits per heavy atom. The lowest BCUT2D eigenvalue weighted by Gasteiger charge is -2.34. The molecule has 0 spiro atoms. The number of benzene rings is 1. The van der Waals surface area contributed by atoms with Gasteiger partial charge in [-0.05, 0) is 36.4 Å². The molecule has 1 aliphatic rings. The first kappa shape index (κ1) is 17.1. The van der Waals surface area contributed by atoms with E-state index in [0.29, 0.717) is 5.65 Å². The van der Waals surface area contributed by atoms with Crippen molar-refractivity contribution in [3.8, 4) is 0 Å². The van der Waals surface area contributed by atoms with E-state index in [-0.39, 0.29) is 0 Å². The number of piperazine rings is 1. The van der Waals surface area contributed by atoms with Crippen molar-refractivity contribution >= 4 is 22.2 Å². The second-order valence-electron chi connectivity index (χ2n) is 6.85. The summed E-state index contributed by atoms with van der Waals surface area (Å²) in [4.78, 5) is 5.12. The van der Waals surface area contributed by atoms with Crippen LogP contribution < -0.4 is 5.32 Å². The summed E-state index contributed by atoms with van der Waals surface area (Å²) in [5.74, 6) is 0.841. The molecule has 2 aromatic heterocycles. The van der Waals surface area contributed by atoms with Crippen molar-refractivity contribution in [1.29, 1.82) is 0 Å². The Hall–Kier alpha value is -2.32. The number of aromatic nitrogens is 5. The van der Waals surface area contributed by atoms with Gasteiger partial charge < -0.3 is 15.1 Å². The van der Waals surface area contributed by atoms with E-state index in [9.17, 15) is 0 Å². The number of nitrogens with one attached hydrogen (secondary N) is 1. The SMILES string of the molecule is CCCN1CCN(CCCNc2nn3nnnc3c3ccccc23)CC1. The summed E-state index contributed by atoms with van der Waals surface area (Å²) in [5, 5.41) is 21.8.